The summed E-state index contributed by atoms with van der Waals surface area (Å²) in [6.07, 6.45) is 2.77. The van der Waals surface area contributed by atoms with E-state index in [1.54, 1.807) is 12.1 Å². The van der Waals surface area contributed by atoms with Gasteiger partial charge < -0.3 is 9.22 Å². The van der Waals surface area contributed by atoms with Crippen LogP contribution >= 0.6 is 11.6 Å². The summed E-state index contributed by atoms with van der Waals surface area (Å²) in [7, 11) is -5.84. The molecule has 0 amide bonds. The number of carbonyl (C=O) groups is 1. The Morgan fingerprint density at radius 2 is 1.81 bits per heavy atom. The van der Waals surface area contributed by atoms with Crippen LogP contribution in [0.3, 0.4) is 0 Å². The summed E-state index contributed by atoms with van der Waals surface area (Å²) in [5.74, 6) is 0. The van der Waals surface area contributed by atoms with Crippen LogP contribution in [0.2, 0.25) is 23.2 Å². The summed E-state index contributed by atoms with van der Waals surface area (Å²) < 4.78 is 34.2. The lowest BCUT2D eigenvalue weighted by Gasteiger charge is -2.42. The number of hydrogen-bond acceptors (Lipinski definition) is 4. The van der Waals surface area contributed by atoms with Crippen molar-refractivity contribution >= 4 is 36.2 Å². The molecule has 1 aromatic rings. The molecule has 0 bridgehead atoms. The highest BCUT2D eigenvalue weighted by atomic mass is 35.5. The van der Waals surface area contributed by atoms with Crippen LogP contribution < -0.4 is 0 Å². The topological polar surface area (TPSA) is 63.7 Å². The third-order valence-electron chi connectivity index (χ3n) is 5.71. The van der Waals surface area contributed by atoms with Gasteiger partial charge in [0.05, 0.1) is 17.5 Å². The maximum atomic E-state index is 13.3. The molecule has 152 valence electrons. The predicted octanol–water partition coefficient (Wildman–Crippen LogP) is 4.47. The van der Waals surface area contributed by atoms with Crippen LogP contribution in [0.4, 0.5) is 0 Å². The van der Waals surface area contributed by atoms with E-state index in [4.69, 9.17) is 16.0 Å². The van der Waals surface area contributed by atoms with Crippen molar-refractivity contribution < 1.29 is 17.6 Å². The van der Waals surface area contributed by atoms with Gasteiger partial charge in [-0.3, -0.25) is 0 Å². The zero-order chi connectivity index (χ0) is 20.5. The Morgan fingerprint density at radius 3 is 2.33 bits per heavy atom. The van der Waals surface area contributed by atoms with Crippen molar-refractivity contribution in [3.8, 4) is 0 Å². The third kappa shape index (κ3) is 5.01. The molecule has 0 aromatic heterocycles. The highest BCUT2D eigenvalue weighted by molar-refractivity contribution is 7.89. The molecule has 0 aliphatic carbocycles. The highest BCUT2D eigenvalue weighted by Gasteiger charge is 2.43. The van der Waals surface area contributed by atoms with Crippen LogP contribution in [0.1, 0.15) is 40.0 Å². The number of aldehydes is 1. The molecule has 2 atom stereocenters. The fourth-order valence-corrected chi connectivity index (χ4v) is 5.96. The van der Waals surface area contributed by atoms with Crippen molar-refractivity contribution in [2.24, 2.45) is 0 Å². The van der Waals surface area contributed by atoms with Gasteiger partial charge in [-0.05, 0) is 61.7 Å². The van der Waals surface area contributed by atoms with Gasteiger partial charge in [0, 0.05) is 11.1 Å². The number of benzene rings is 1. The lowest BCUT2D eigenvalue weighted by Crippen LogP contribution is -2.54. The molecule has 1 aliphatic rings. The summed E-state index contributed by atoms with van der Waals surface area (Å²) in [6, 6.07) is 5.07. The number of nitrogens with zero attached hydrogens (tertiary/aromatic N) is 1. The van der Waals surface area contributed by atoms with E-state index in [1.165, 1.54) is 16.4 Å². The van der Waals surface area contributed by atoms with Gasteiger partial charge in [-0.15, -0.1) is 0 Å². The molecule has 1 aromatic carbocycles. The summed E-state index contributed by atoms with van der Waals surface area (Å²) in [4.78, 5) is 11.8. The molecule has 1 saturated heterocycles. The average molecular weight is 432 g/mol. The lowest BCUT2D eigenvalue weighted by atomic mass is 10.00. The molecule has 0 spiro atoms. The molecule has 2 rings (SSSR count). The minimum absolute atomic E-state index is 0.0333. The third-order valence-corrected chi connectivity index (χ3v) is 12.5. The molecule has 1 heterocycles. The van der Waals surface area contributed by atoms with Crippen molar-refractivity contribution in [3.05, 3.63) is 29.3 Å². The minimum Gasteiger partial charge on any atom is -0.415 e. The molecule has 27 heavy (non-hydrogen) atoms. The maximum absolute atomic E-state index is 13.3. The fraction of sp³-hybridized carbons (Fsp3) is 0.632. The van der Waals surface area contributed by atoms with Crippen molar-refractivity contribution in [2.45, 2.75) is 75.1 Å². The largest absolute Gasteiger partial charge is 0.415 e. The Bertz CT molecular complexity index is 759. The molecule has 0 unspecified atom stereocenters. The Hall–Kier alpha value is -0.733. The first-order valence-corrected chi connectivity index (χ1v) is 14.0. The number of hydrogen-bond donors (Lipinski definition) is 0. The zero-order valence-electron chi connectivity index (χ0n) is 16.7. The van der Waals surface area contributed by atoms with Crippen molar-refractivity contribution in [1.82, 2.24) is 4.31 Å². The summed E-state index contributed by atoms with van der Waals surface area (Å²) >= 11 is 5.89. The summed E-state index contributed by atoms with van der Waals surface area (Å²) in [6.45, 7) is 11.0. The van der Waals surface area contributed by atoms with Crippen LogP contribution in [-0.4, -0.2) is 46.0 Å². The first-order chi connectivity index (χ1) is 12.4. The van der Waals surface area contributed by atoms with Crippen LogP contribution in [0, 0.1) is 0 Å². The number of carbonyl (C=O) groups excluding carboxylic acids is 1. The molecule has 0 saturated carbocycles. The van der Waals surface area contributed by atoms with E-state index in [1.807, 2.05) is 0 Å². The van der Waals surface area contributed by atoms with E-state index in [0.717, 1.165) is 12.7 Å². The van der Waals surface area contributed by atoms with E-state index in [9.17, 15) is 13.2 Å². The number of halogens is 1. The first-order valence-electron chi connectivity index (χ1n) is 9.28. The smallest absolute Gasteiger partial charge is 0.244 e. The predicted molar refractivity (Wildman–Crippen MR) is 111 cm³/mol. The number of rotatable bonds is 6. The van der Waals surface area contributed by atoms with Gasteiger partial charge in [0.25, 0.3) is 0 Å². The van der Waals surface area contributed by atoms with E-state index in [-0.39, 0.29) is 16.0 Å². The van der Waals surface area contributed by atoms with Crippen LogP contribution in [0.25, 0.3) is 0 Å². The average Bonchev–Trinajstić information content (AvgIpc) is 2.59. The van der Waals surface area contributed by atoms with Crippen molar-refractivity contribution in [2.75, 3.05) is 6.61 Å². The summed E-state index contributed by atoms with van der Waals surface area (Å²) in [5, 5.41) is 0.503. The molecule has 5 nitrogen and oxygen atoms in total. The van der Waals surface area contributed by atoms with Crippen LogP contribution in [0.5, 0.6) is 0 Å². The number of sulfonamides is 1. The van der Waals surface area contributed by atoms with Crippen molar-refractivity contribution in [1.29, 1.82) is 0 Å². The zero-order valence-corrected chi connectivity index (χ0v) is 19.3. The van der Waals surface area contributed by atoms with E-state index >= 15 is 0 Å². The molecular weight excluding hydrogens is 402 g/mol. The van der Waals surface area contributed by atoms with E-state index in [0.29, 0.717) is 24.5 Å². The SMILES string of the molecule is CC(C)(C)[Si](C)(C)OC[C@H]1CCC[C@@H](C=O)N1S(=O)(=O)c1ccc(Cl)cc1. The molecule has 0 radical (unpaired) electrons. The summed E-state index contributed by atoms with van der Waals surface area (Å²) in [5.41, 5.74) is 0. The van der Waals surface area contributed by atoms with Gasteiger partial charge in [0.1, 0.15) is 6.29 Å². The van der Waals surface area contributed by atoms with E-state index < -0.39 is 24.4 Å². The Labute approximate surface area is 169 Å². The highest BCUT2D eigenvalue weighted by Crippen LogP contribution is 2.38. The van der Waals surface area contributed by atoms with Gasteiger partial charge in [0.15, 0.2) is 8.32 Å². The van der Waals surface area contributed by atoms with Gasteiger partial charge in [-0.25, -0.2) is 8.42 Å². The minimum atomic E-state index is -3.81. The Balaban J connectivity index is 2.32. The quantitative estimate of drug-likeness (QED) is 0.492. The second-order valence-corrected chi connectivity index (χ2v) is 15.7. The Morgan fingerprint density at radius 1 is 1.22 bits per heavy atom. The van der Waals surface area contributed by atoms with Gasteiger partial charge >= 0.3 is 0 Å². The van der Waals surface area contributed by atoms with Crippen molar-refractivity contribution in [3.63, 3.8) is 0 Å². The normalized spacial score (nSPS) is 22.6. The molecule has 8 heteroatoms. The van der Waals surface area contributed by atoms with Crippen LogP contribution in [0.15, 0.2) is 29.2 Å². The van der Waals surface area contributed by atoms with Crippen LogP contribution in [-0.2, 0) is 19.2 Å². The maximum Gasteiger partial charge on any atom is 0.244 e. The number of piperidine rings is 1. The Kier molecular flexibility index (Phi) is 6.96. The van der Waals surface area contributed by atoms with Gasteiger partial charge in [-0.1, -0.05) is 32.4 Å². The standard InChI is InChI=1S/C19H30ClNO4SSi/c1-19(2,3)27(4,5)25-14-17-8-6-7-16(13-22)21(17)26(23,24)18-11-9-15(20)10-12-18/h9-13,16-17H,6-8,14H2,1-5H3/t16-,17+/m0/s1. The van der Waals surface area contributed by atoms with Gasteiger partial charge in [0.2, 0.25) is 10.0 Å². The second kappa shape index (κ2) is 8.33. The monoisotopic (exact) mass is 431 g/mol. The van der Waals surface area contributed by atoms with E-state index in [2.05, 4.69) is 33.9 Å². The lowest BCUT2D eigenvalue weighted by molar-refractivity contribution is -0.112. The first kappa shape index (κ1) is 22.6. The molecule has 0 N–H and O–H groups in total. The molecule has 1 fully saturated rings. The molecule has 1 aliphatic heterocycles. The second-order valence-electron chi connectivity index (χ2n) is 8.65. The van der Waals surface area contributed by atoms with Gasteiger partial charge in [-0.2, -0.15) is 4.31 Å². The fourth-order valence-electron chi connectivity index (χ4n) is 3.00. The molecular formula is C19H30ClNO4SSi.